The predicted molar refractivity (Wildman–Crippen MR) is 113 cm³/mol. The molecule has 1 aliphatic carbocycles. The molecule has 7 nitrogen and oxygen atoms in total. The zero-order valence-corrected chi connectivity index (χ0v) is 17.1. The Kier molecular flexibility index (Phi) is 5.15. The zero-order valence-electron chi connectivity index (χ0n) is 17.1. The van der Waals surface area contributed by atoms with Gasteiger partial charge in [0.15, 0.2) is 11.5 Å². The van der Waals surface area contributed by atoms with Gasteiger partial charge in [-0.05, 0) is 39.9 Å². The quantitative estimate of drug-likeness (QED) is 0.645. The number of nitrogens with one attached hydrogen (secondary N) is 1. The molecule has 0 spiro atoms. The molecule has 1 N–H and O–H groups in total. The lowest BCUT2D eigenvalue weighted by Gasteiger charge is -2.21. The van der Waals surface area contributed by atoms with E-state index in [-0.39, 0.29) is 19.3 Å². The van der Waals surface area contributed by atoms with Gasteiger partial charge in [-0.1, -0.05) is 54.6 Å². The van der Waals surface area contributed by atoms with Crippen LogP contribution in [-0.4, -0.2) is 25.5 Å². The van der Waals surface area contributed by atoms with Crippen molar-refractivity contribution in [3.63, 3.8) is 0 Å². The van der Waals surface area contributed by atoms with Crippen molar-refractivity contribution in [2.75, 3.05) is 13.4 Å². The first-order chi connectivity index (χ1) is 15.6. The van der Waals surface area contributed by atoms with Crippen LogP contribution in [0.2, 0.25) is 0 Å². The maximum atomic E-state index is 12.6. The van der Waals surface area contributed by atoms with Crippen LogP contribution in [0.25, 0.3) is 11.1 Å². The molecule has 0 saturated carbocycles. The van der Waals surface area contributed by atoms with Crippen LogP contribution in [0.5, 0.6) is 11.5 Å². The van der Waals surface area contributed by atoms with E-state index in [0.29, 0.717) is 17.1 Å². The number of carboxylic acids is 1. The van der Waals surface area contributed by atoms with Crippen LogP contribution in [0.4, 0.5) is 4.79 Å². The third-order valence-corrected chi connectivity index (χ3v) is 5.81. The van der Waals surface area contributed by atoms with Crippen molar-refractivity contribution in [3.8, 4) is 22.6 Å². The van der Waals surface area contributed by atoms with E-state index >= 15 is 0 Å². The Balaban J connectivity index is 1.31. The van der Waals surface area contributed by atoms with E-state index in [1.807, 2.05) is 36.4 Å². The van der Waals surface area contributed by atoms with Gasteiger partial charge in [0, 0.05) is 18.3 Å². The Bertz CT molecular complexity index is 1150. The van der Waals surface area contributed by atoms with E-state index in [1.165, 1.54) is 0 Å². The molecule has 3 aromatic rings. The Morgan fingerprint density at radius 2 is 1.62 bits per heavy atom. The van der Waals surface area contributed by atoms with Crippen molar-refractivity contribution in [1.82, 2.24) is 5.32 Å². The molecule has 7 heteroatoms. The minimum Gasteiger partial charge on any atom is -0.550 e. The van der Waals surface area contributed by atoms with Crippen molar-refractivity contribution in [3.05, 3.63) is 83.4 Å². The molecule has 1 aliphatic heterocycles. The summed E-state index contributed by atoms with van der Waals surface area (Å²) in [5.74, 6) is -0.299. The molecule has 1 amide bonds. The molecule has 1 heterocycles. The average molecular weight is 430 g/mol. The second-order valence-electron chi connectivity index (χ2n) is 7.71. The van der Waals surface area contributed by atoms with Crippen LogP contribution in [0, 0.1) is 0 Å². The van der Waals surface area contributed by atoms with Crippen molar-refractivity contribution < 1.29 is 28.9 Å². The highest BCUT2D eigenvalue weighted by Crippen LogP contribution is 2.44. The minimum atomic E-state index is -1.29. The van der Waals surface area contributed by atoms with Crippen molar-refractivity contribution >= 4 is 12.1 Å². The van der Waals surface area contributed by atoms with Gasteiger partial charge in [0.25, 0.3) is 0 Å². The molecule has 3 aromatic carbocycles. The number of carbonyl (C=O) groups is 2. The number of aliphatic carboxylic acids is 1. The van der Waals surface area contributed by atoms with Gasteiger partial charge in [-0.2, -0.15) is 0 Å². The summed E-state index contributed by atoms with van der Waals surface area (Å²) in [6.45, 7) is 0.239. The monoisotopic (exact) mass is 430 g/mol. The molecule has 2 aliphatic rings. The standard InChI is InChI=1S/C25H21NO6/c27-24(28)12-21(15-9-10-22-23(11-15)32-14-31-22)26-25(29)30-13-20-18-7-3-1-5-16(18)17-6-2-4-8-19(17)20/h1-11,20-21H,12-14H2,(H,26,29)(H,27,28)/p-1/t21-/m0/s1. The smallest absolute Gasteiger partial charge is 0.407 e. The highest BCUT2D eigenvalue weighted by Gasteiger charge is 2.29. The third kappa shape index (κ3) is 3.73. The Morgan fingerprint density at radius 3 is 2.31 bits per heavy atom. The number of fused-ring (bicyclic) bond motifs is 4. The molecular weight excluding hydrogens is 410 g/mol. The largest absolute Gasteiger partial charge is 0.550 e. The Morgan fingerprint density at radius 1 is 0.969 bits per heavy atom. The summed E-state index contributed by atoms with van der Waals surface area (Å²) >= 11 is 0. The number of hydrogen-bond acceptors (Lipinski definition) is 6. The first-order valence-electron chi connectivity index (χ1n) is 10.3. The average Bonchev–Trinajstić information content (AvgIpc) is 3.39. The van der Waals surface area contributed by atoms with Gasteiger partial charge in [0.1, 0.15) is 6.61 Å². The highest BCUT2D eigenvalue weighted by atomic mass is 16.7. The summed E-state index contributed by atoms with van der Waals surface area (Å²) in [7, 11) is 0. The Hall–Kier alpha value is -4.00. The molecule has 5 rings (SSSR count). The van der Waals surface area contributed by atoms with Gasteiger partial charge >= 0.3 is 6.09 Å². The van der Waals surface area contributed by atoms with Crippen LogP contribution < -0.4 is 19.9 Å². The SMILES string of the molecule is O=C([O-])C[C@H](NC(=O)OCC1c2ccccc2-c2ccccc21)c1ccc2c(c1)OCO2. The van der Waals surface area contributed by atoms with Crippen LogP contribution in [0.3, 0.4) is 0 Å². The lowest BCUT2D eigenvalue weighted by molar-refractivity contribution is -0.306. The Labute approximate surface area is 184 Å². The molecule has 0 saturated heterocycles. The van der Waals surface area contributed by atoms with Gasteiger partial charge in [-0.15, -0.1) is 0 Å². The van der Waals surface area contributed by atoms with Gasteiger partial charge < -0.3 is 29.4 Å². The van der Waals surface area contributed by atoms with Gasteiger partial charge in [-0.25, -0.2) is 4.79 Å². The van der Waals surface area contributed by atoms with E-state index in [9.17, 15) is 14.7 Å². The third-order valence-electron chi connectivity index (χ3n) is 5.81. The summed E-state index contributed by atoms with van der Waals surface area (Å²) in [5.41, 5.74) is 5.03. The molecule has 0 fully saturated rings. The number of alkyl carbamates (subject to hydrolysis) is 1. The van der Waals surface area contributed by atoms with Gasteiger partial charge in [0.05, 0.1) is 6.04 Å². The summed E-state index contributed by atoms with van der Waals surface area (Å²) in [6, 6.07) is 20.3. The molecule has 0 unspecified atom stereocenters. The highest BCUT2D eigenvalue weighted by molar-refractivity contribution is 5.79. The van der Waals surface area contributed by atoms with E-state index in [1.54, 1.807) is 18.2 Å². The van der Waals surface area contributed by atoms with Crippen LogP contribution >= 0.6 is 0 Å². The normalized spacial score (nSPS) is 14.4. The summed E-state index contributed by atoms with van der Waals surface area (Å²) in [6.07, 6.45) is -1.10. The van der Waals surface area contributed by atoms with E-state index < -0.39 is 24.5 Å². The molecule has 1 atom stereocenters. The topological polar surface area (TPSA) is 96.9 Å². The van der Waals surface area contributed by atoms with E-state index in [2.05, 4.69) is 17.4 Å². The van der Waals surface area contributed by atoms with Crippen molar-refractivity contribution in [2.45, 2.75) is 18.4 Å². The van der Waals surface area contributed by atoms with Crippen LogP contribution in [0.1, 0.15) is 35.1 Å². The number of ether oxygens (including phenoxy) is 3. The maximum absolute atomic E-state index is 12.6. The number of carboxylic acid groups (broad SMARTS) is 1. The van der Waals surface area contributed by atoms with Crippen LogP contribution in [-0.2, 0) is 9.53 Å². The van der Waals surface area contributed by atoms with Crippen LogP contribution in [0.15, 0.2) is 66.7 Å². The van der Waals surface area contributed by atoms with E-state index in [4.69, 9.17) is 14.2 Å². The van der Waals surface area contributed by atoms with Crippen molar-refractivity contribution in [1.29, 1.82) is 0 Å². The first kappa shape index (κ1) is 19.9. The van der Waals surface area contributed by atoms with E-state index in [0.717, 1.165) is 22.3 Å². The van der Waals surface area contributed by atoms with Crippen molar-refractivity contribution in [2.24, 2.45) is 0 Å². The number of hydrogen-bond donors (Lipinski definition) is 1. The minimum absolute atomic E-state index is 0.0849. The number of carbonyl (C=O) groups excluding carboxylic acids is 2. The summed E-state index contributed by atoms with van der Waals surface area (Å²) < 4.78 is 16.2. The number of rotatable bonds is 6. The molecule has 0 aromatic heterocycles. The fourth-order valence-electron chi connectivity index (χ4n) is 4.33. The maximum Gasteiger partial charge on any atom is 0.407 e. The lowest BCUT2D eigenvalue weighted by atomic mass is 9.98. The number of amides is 1. The zero-order chi connectivity index (χ0) is 22.1. The van der Waals surface area contributed by atoms with Gasteiger partial charge in [0.2, 0.25) is 6.79 Å². The number of benzene rings is 3. The summed E-state index contributed by atoms with van der Waals surface area (Å²) in [4.78, 5) is 23.9. The second kappa shape index (κ2) is 8.26. The fourth-order valence-corrected chi connectivity index (χ4v) is 4.33. The first-order valence-corrected chi connectivity index (χ1v) is 10.3. The lowest BCUT2D eigenvalue weighted by Crippen LogP contribution is -2.35. The predicted octanol–water partition coefficient (Wildman–Crippen LogP) is 3.14. The fraction of sp³-hybridized carbons (Fsp3) is 0.200. The molecule has 0 bridgehead atoms. The molecule has 32 heavy (non-hydrogen) atoms. The second-order valence-corrected chi connectivity index (χ2v) is 7.71. The van der Waals surface area contributed by atoms with Gasteiger partial charge in [-0.3, -0.25) is 0 Å². The molecular formula is C25H20NO6-. The molecule has 162 valence electrons. The summed E-state index contributed by atoms with van der Waals surface area (Å²) in [5, 5.41) is 13.9. The molecule has 0 radical (unpaired) electrons.